The summed E-state index contributed by atoms with van der Waals surface area (Å²) in [6, 6.07) is 4.24. The maximum atomic E-state index is 12.7. The van der Waals surface area contributed by atoms with E-state index in [9.17, 15) is 13.2 Å². The van der Waals surface area contributed by atoms with E-state index in [4.69, 9.17) is 9.47 Å². The minimum atomic E-state index is -3.89. The largest absolute Gasteiger partial charge is 0.493 e. The lowest BCUT2D eigenvalue weighted by Gasteiger charge is -2.17. The van der Waals surface area contributed by atoms with Gasteiger partial charge in [0.1, 0.15) is 0 Å². The van der Waals surface area contributed by atoms with E-state index >= 15 is 0 Å². The fraction of sp³-hybridized carbons (Fsp3) is 0.438. The van der Waals surface area contributed by atoms with Gasteiger partial charge >= 0.3 is 0 Å². The topological polar surface area (TPSA) is 111 Å². The van der Waals surface area contributed by atoms with Crippen molar-refractivity contribution in [2.75, 3.05) is 33.1 Å². The average molecular weight is 447 g/mol. The van der Waals surface area contributed by atoms with Crippen LogP contribution in [0.2, 0.25) is 0 Å². The molecule has 0 unspecified atom stereocenters. The monoisotopic (exact) mass is 446 g/mol. The molecular formula is C16H22N4O5S3. The second-order valence-corrected chi connectivity index (χ2v) is 10.7. The molecule has 0 bridgehead atoms. The number of benzene rings is 1. The van der Waals surface area contributed by atoms with Crippen LogP contribution in [-0.2, 0) is 14.8 Å². The first-order chi connectivity index (χ1) is 13.2. The molecule has 2 rings (SSSR count). The Bertz CT molecular complexity index is 930. The Labute approximate surface area is 172 Å². The maximum absolute atomic E-state index is 12.7. The van der Waals surface area contributed by atoms with Gasteiger partial charge < -0.3 is 9.47 Å². The molecule has 0 aliphatic rings. The molecule has 0 saturated carbocycles. The number of carbonyl (C=O) groups excluding carboxylic acids is 1. The molecule has 0 fully saturated rings. The summed E-state index contributed by atoms with van der Waals surface area (Å²) in [5.74, 6) is 0.183. The molecule has 28 heavy (non-hydrogen) atoms. The lowest BCUT2D eigenvalue weighted by molar-refractivity contribution is -0.116. The quantitative estimate of drug-likeness (QED) is 0.461. The Balaban J connectivity index is 2.07. The molecule has 1 aromatic carbocycles. The van der Waals surface area contributed by atoms with Crippen molar-refractivity contribution in [2.24, 2.45) is 0 Å². The van der Waals surface area contributed by atoms with Crippen LogP contribution < -0.4 is 14.8 Å². The molecule has 0 aliphatic carbocycles. The van der Waals surface area contributed by atoms with Crippen molar-refractivity contribution in [3.05, 3.63) is 18.2 Å². The van der Waals surface area contributed by atoms with Crippen molar-refractivity contribution in [3.8, 4) is 11.5 Å². The van der Waals surface area contributed by atoms with Crippen LogP contribution in [0.1, 0.15) is 13.8 Å². The molecule has 12 heteroatoms. The number of aromatic nitrogens is 2. The van der Waals surface area contributed by atoms with Gasteiger partial charge in [0.2, 0.25) is 21.1 Å². The van der Waals surface area contributed by atoms with Crippen molar-refractivity contribution >= 4 is 44.2 Å². The number of thioether (sulfide) groups is 1. The van der Waals surface area contributed by atoms with Crippen LogP contribution in [0.4, 0.5) is 5.13 Å². The minimum Gasteiger partial charge on any atom is -0.493 e. The molecule has 1 aromatic heterocycles. The highest BCUT2D eigenvalue weighted by molar-refractivity contribution is 8.01. The number of likely N-dealkylation sites (N-methyl/N-ethyl adjacent to an activating group) is 1. The highest BCUT2D eigenvalue weighted by Crippen LogP contribution is 2.31. The number of nitrogens with one attached hydrogen (secondary N) is 1. The van der Waals surface area contributed by atoms with Crippen LogP contribution in [0.15, 0.2) is 27.4 Å². The van der Waals surface area contributed by atoms with E-state index in [0.29, 0.717) is 16.1 Å². The van der Waals surface area contributed by atoms with Crippen LogP contribution in [0.25, 0.3) is 0 Å². The van der Waals surface area contributed by atoms with Gasteiger partial charge in [-0.25, -0.2) is 8.42 Å². The normalized spacial score (nSPS) is 11.7. The lowest BCUT2D eigenvalue weighted by atomic mass is 10.3. The maximum Gasteiger partial charge on any atom is 0.243 e. The predicted molar refractivity (Wildman–Crippen MR) is 109 cm³/mol. The number of hydrogen-bond donors (Lipinski definition) is 1. The first-order valence-corrected chi connectivity index (χ1v) is 11.3. The minimum absolute atomic E-state index is 0.00742. The summed E-state index contributed by atoms with van der Waals surface area (Å²) in [7, 11) is 0.306. The number of hydrogen-bond acceptors (Lipinski definition) is 9. The zero-order valence-corrected chi connectivity index (χ0v) is 18.6. The SMILES string of the molecule is COc1ccc(S(=O)(=O)N(C)CC(=O)Nc2nnc(SC(C)C)s2)cc1OC. The second kappa shape index (κ2) is 9.54. The van der Waals surface area contributed by atoms with Gasteiger partial charge in [-0.2, -0.15) is 4.31 Å². The average Bonchev–Trinajstić information content (AvgIpc) is 3.06. The zero-order chi connectivity index (χ0) is 20.9. The number of rotatable bonds is 9. The predicted octanol–water partition coefficient (Wildman–Crippen LogP) is 2.32. The van der Waals surface area contributed by atoms with E-state index in [0.717, 1.165) is 8.64 Å². The third kappa shape index (κ3) is 5.56. The number of methoxy groups -OCH3 is 2. The van der Waals surface area contributed by atoms with Gasteiger partial charge in [-0.05, 0) is 12.1 Å². The Morgan fingerprint density at radius 3 is 2.54 bits per heavy atom. The molecule has 1 N–H and O–H groups in total. The number of ether oxygens (including phenoxy) is 2. The molecule has 1 heterocycles. The third-order valence-corrected chi connectivity index (χ3v) is 7.14. The van der Waals surface area contributed by atoms with Crippen LogP contribution in [0.3, 0.4) is 0 Å². The molecule has 0 aliphatic heterocycles. The molecular weight excluding hydrogens is 424 g/mol. The molecule has 0 atom stereocenters. The van der Waals surface area contributed by atoms with Crippen LogP contribution in [-0.4, -0.2) is 61.9 Å². The highest BCUT2D eigenvalue weighted by Gasteiger charge is 2.25. The Kier molecular flexibility index (Phi) is 7.63. The fourth-order valence-corrected chi connectivity index (χ4v) is 5.25. The summed E-state index contributed by atoms with van der Waals surface area (Å²) in [6.45, 7) is 3.68. The van der Waals surface area contributed by atoms with Gasteiger partial charge in [-0.1, -0.05) is 36.9 Å². The third-order valence-electron chi connectivity index (χ3n) is 3.42. The van der Waals surface area contributed by atoms with Crippen molar-refractivity contribution < 1.29 is 22.7 Å². The summed E-state index contributed by atoms with van der Waals surface area (Å²) in [4.78, 5) is 12.2. The Hall–Kier alpha value is -1.89. The van der Waals surface area contributed by atoms with E-state index in [1.807, 2.05) is 13.8 Å². The first-order valence-electron chi connectivity index (χ1n) is 8.15. The van der Waals surface area contributed by atoms with Crippen molar-refractivity contribution in [1.29, 1.82) is 0 Å². The lowest BCUT2D eigenvalue weighted by Crippen LogP contribution is -2.35. The summed E-state index contributed by atoms with van der Waals surface area (Å²) >= 11 is 2.77. The number of amides is 1. The summed E-state index contributed by atoms with van der Waals surface area (Å²) in [5, 5.41) is 11.1. The van der Waals surface area contributed by atoms with E-state index in [-0.39, 0.29) is 17.2 Å². The van der Waals surface area contributed by atoms with Crippen molar-refractivity contribution in [3.63, 3.8) is 0 Å². The van der Waals surface area contributed by atoms with Gasteiger partial charge in [0.05, 0.1) is 25.7 Å². The molecule has 2 aromatic rings. The Morgan fingerprint density at radius 2 is 1.93 bits per heavy atom. The van der Waals surface area contributed by atoms with Crippen LogP contribution in [0.5, 0.6) is 11.5 Å². The Morgan fingerprint density at radius 1 is 1.25 bits per heavy atom. The summed E-state index contributed by atoms with van der Waals surface area (Å²) in [6.07, 6.45) is 0. The van der Waals surface area contributed by atoms with Gasteiger partial charge in [0.15, 0.2) is 15.8 Å². The van der Waals surface area contributed by atoms with E-state index < -0.39 is 15.9 Å². The summed E-state index contributed by atoms with van der Waals surface area (Å²) in [5.41, 5.74) is 0. The zero-order valence-electron chi connectivity index (χ0n) is 16.1. The van der Waals surface area contributed by atoms with E-state index in [2.05, 4.69) is 15.5 Å². The number of nitrogens with zero attached hydrogens (tertiary/aromatic N) is 3. The van der Waals surface area contributed by atoms with E-state index in [1.54, 1.807) is 0 Å². The van der Waals surface area contributed by atoms with Gasteiger partial charge in [0.25, 0.3) is 0 Å². The number of carbonyl (C=O) groups is 1. The molecule has 9 nitrogen and oxygen atoms in total. The van der Waals surface area contributed by atoms with Crippen molar-refractivity contribution in [1.82, 2.24) is 14.5 Å². The standard InChI is InChI=1S/C16H22N4O5S3/c1-10(2)26-16-19-18-15(27-16)17-14(21)9-20(3)28(22,23)11-6-7-12(24-4)13(8-11)25-5/h6-8,10H,9H2,1-5H3,(H,17,18,21). The van der Waals surface area contributed by atoms with Crippen LogP contribution in [0, 0.1) is 0 Å². The number of sulfonamides is 1. The smallest absolute Gasteiger partial charge is 0.243 e. The van der Waals surface area contributed by atoms with Crippen LogP contribution >= 0.6 is 23.1 Å². The summed E-state index contributed by atoms with van der Waals surface area (Å²) < 4.78 is 37.4. The van der Waals surface area contributed by atoms with Crippen molar-refractivity contribution in [2.45, 2.75) is 28.3 Å². The van der Waals surface area contributed by atoms with Gasteiger partial charge in [-0.3, -0.25) is 10.1 Å². The first kappa shape index (κ1) is 22.4. The van der Waals surface area contributed by atoms with Gasteiger partial charge in [0, 0.05) is 18.4 Å². The molecule has 1 amide bonds. The second-order valence-electron chi connectivity index (χ2n) is 5.87. The molecule has 0 radical (unpaired) electrons. The molecule has 0 saturated heterocycles. The van der Waals surface area contributed by atoms with Gasteiger partial charge in [-0.15, -0.1) is 10.2 Å². The van der Waals surface area contributed by atoms with E-state index in [1.165, 1.54) is 62.6 Å². The fourth-order valence-electron chi connectivity index (χ4n) is 2.11. The molecule has 0 spiro atoms. The molecule has 154 valence electrons. The highest BCUT2D eigenvalue weighted by atomic mass is 32.2. The number of anilines is 1.